The number of hydrogen-bond donors (Lipinski definition) is 3. The van der Waals surface area contributed by atoms with Crippen LogP contribution in [-0.2, 0) is 23.6 Å². The zero-order valence-electron chi connectivity index (χ0n) is 16.6. The van der Waals surface area contributed by atoms with Gasteiger partial charge in [-0.25, -0.2) is 23.1 Å². The molecular weight excluding hydrogens is 511 g/mol. The summed E-state index contributed by atoms with van der Waals surface area (Å²) < 4.78 is 28.6. The molecule has 0 saturated heterocycles. The third-order valence-corrected chi connectivity index (χ3v) is 6.00. The maximum absolute atomic E-state index is 12.2. The first-order valence-corrected chi connectivity index (χ1v) is 11.3. The Morgan fingerprint density at radius 3 is 2.64 bits per heavy atom. The summed E-state index contributed by atoms with van der Waals surface area (Å²) in [5, 5.41) is 9.31. The lowest BCUT2D eigenvalue weighted by molar-refractivity contribution is 0.580. The smallest absolute Gasteiger partial charge is 0.242 e. The minimum absolute atomic E-state index is 0. The van der Waals surface area contributed by atoms with Gasteiger partial charge in [-0.2, -0.15) is 0 Å². The van der Waals surface area contributed by atoms with Crippen LogP contribution < -0.4 is 15.4 Å². The minimum atomic E-state index is -3.49. The van der Waals surface area contributed by atoms with Crippen molar-refractivity contribution in [1.29, 1.82) is 0 Å². The van der Waals surface area contributed by atoms with E-state index >= 15 is 0 Å². The Morgan fingerprint density at radius 2 is 2.07 bits per heavy atom. The number of guanidine groups is 1. The molecule has 2 rings (SSSR count). The van der Waals surface area contributed by atoms with Crippen LogP contribution in [0, 0.1) is 0 Å². The molecule has 0 aliphatic heterocycles. The van der Waals surface area contributed by atoms with Gasteiger partial charge in [0.2, 0.25) is 10.0 Å². The molecule has 0 unspecified atom stereocenters. The first kappa shape index (κ1) is 24.9. The number of rotatable bonds is 9. The zero-order chi connectivity index (χ0) is 19.9. The monoisotopic (exact) mass is 540 g/mol. The molecule has 0 spiro atoms. The van der Waals surface area contributed by atoms with E-state index in [1.165, 1.54) is 0 Å². The zero-order valence-corrected chi connectivity index (χ0v) is 20.6. The number of aromatic nitrogens is 2. The maximum atomic E-state index is 12.2. The summed E-state index contributed by atoms with van der Waals surface area (Å²) in [5.41, 5.74) is 1.08. The van der Waals surface area contributed by atoms with Crippen molar-refractivity contribution in [2.24, 2.45) is 12.0 Å². The van der Waals surface area contributed by atoms with Gasteiger partial charge in [0, 0.05) is 44.5 Å². The summed E-state index contributed by atoms with van der Waals surface area (Å²) in [7, 11) is -1.71. The van der Waals surface area contributed by atoms with Crippen molar-refractivity contribution in [1.82, 2.24) is 24.9 Å². The largest absolute Gasteiger partial charge is 0.357 e. The molecule has 8 nitrogen and oxygen atoms in total. The highest BCUT2D eigenvalue weighted by Gasteiger charge is 2.14. The van der Waals surface area contributed by atoms with Crippen molar-refractivity contribution >= 4 is 51.3 Å². The Kier molecular flexibility index (Phi) is 10.4. The van der Waals surface area contributed by atoms with Crippen molar-refractivity contribution in [2.75, 3.05) is 19.6 Å². The first-order valence-electron chi connectivity index (χ1n) is 8.90. The summed E-state index contributed by atoms with van der Waals surface area (Å²) in [6.45, 7) is 8.10. The second-order valence-electron chi connectivity index (χ2n) is 6.35. The lowest BCUT2D eigenvalue weighted by Crippen LogP contribution is -2.41. The molecule has 0 aromatic carbocycles. The minimum Gasteiger partial charge on any atom is -0.357 e. The molecule has 11 heteroatoms. The molecule has 3 N–H and O–H groups in total. The van der Waals surface area contributed by atoms with Crippen molar-refractivity contribution in [3.05, 3.63) is 34.5 Å². The first-order chi connectivity index (χ1) is 12.8. The molecule has 2 aromatic heterocycles. The Hall–Kier alpha value is -1.18. The highest BCUT2D eigenvalue weighted by molar-refractivity contribution is 14.0. The molecule has 0 radical (unpaired) electrons. The van der Waals surface area contributed by atoms with Crippen molar-refractivity contribution in [3.63, 3.8) is 0 Å². The molecule has 0 aliphatic carbocycles. The van der Waals surface area contributed by atoms with Crippen molar-refractivity contribution in [2.45, 2.75) is 38.1 Å². The van der Waals surface area contributed by atoms with Gasteiger partial charge in [0.1, 0.15) is 5.01 Å². The van der Waals surface area contributed by atoms with E-state index in [0.29, 0.717) is 25.0 Å². The van der Waals surface area contributed by atoms with Crippen molar-refractivity contribution in [3.8, 4) is 0 Å². The Balaban J connectivity index is 0.00000392. The fraction of sp³-hybridized carbons (Fsp3) is 0.529. The number of hydrogen-bond acceptors (Lipinski definition) is 5. The van der Waals surface area contributed by atoms with Crippen molar-refractivity contribution < 1.29 is 8.42 Å². The summed E-state index contributed by atoms with van der Waals surface area (Å²) in [5.74, 6) is 1.04. The quantitative estimate of drug-likeness (QED) is 0.196. The van der Waals surface area contributed by atoms with E-state index in [-0.39, 0.29) is 35.4 Å². The van der Waals surface area contributed by atoms with Crippen LogP contribution in [-0.4, -0.2) is 43.6 Å². The van der Waals surface area contributed by atoms with Crippen LogP contribution in [0.1, 0.15) is 37.4 Å². The van der Waals surface area contributed by atoms with Gasteiger partial charge in [0.25, 0.3) is 0 Å². The molecule has 0 atom stereocenters. The summed E-state index contributed by atoms with van der Waals surface area (Å²) in [4.78, 5) is 9.34. The molecule has 158 valence electrons. The van der Waals surface area contributed by atoms with Gasteiger partial charge in [-0.3, -0.25) is 0 Å². The van der Waals surface area contributed by atoms with Gasteiger partial charge < -0.3 is 15.2 Å². The average molecular weight is 540 g/mol. The molecule has 0 aliphatic rings. The van der Waals surface area contributed by atoms with Gasteiger partial charge in [-0.15, -0.1) is 35.3 Å². The van der Waals surface area contributed by atoms with E-state index < -0.39 is 10.0 Å². The number of thiazole rings is 1. The van der Waals surface area contributed by atoms with Gasteiger partial charge in [0.05, 0.1) is 17.1 Å². The predicted molar refractivity (Wildman–Crippen MR) is 125 cm³/mol. The molecule has 28 heavy (non-hydrogen) atoms. The van der Waals surface area contributed by atoms with E-state index in [4.69, 9.17) is 0 Å². The van der Waals surface area contributed by atoms with Crippen LogP contribution >= 0.6 is 35.3 Å². The standard InChI is InChI=1S/C17H28N6O2S2.HI/c1-5-18-17(20-10-16-22-15(12-26-16)13(2)3)19-7-8-21-27(24,25)14-6-9-23(4)11-14;/h6,9,11-13,21H,5,7-8,10H2,1-4H3,(H2,18,19,20);1H. The second-order valence-corrected chi connectivity index (χ2v) is 9.06. The molecule has 0 bridgehead atoms. The normalized spacial score (nSPS) is 12.1. The fourth-order valence-electron chi connectivity index (χ4n) is 2.24. The summed E-state index contributed by atoms with van der Waals surface area (Å²) >= 11 is 1.60. The Morgan fingerprint density at radius 1 is 1.32 bits per heavy atom. The maximum Gasteiger partial charge on any atom is 0.242 e. The number of aryl methyl sites for hydroxylation is 1. The predicted octanol–water partition coefficient (Wildman–Crippen LogP) is 2.26. The van der Waals surface area contributed by atoms with Crippen LogP contribution in [0.4, 0.5) is 0 Å². The van der Waals surface area contributed by atoms with Gasteiger partial charge in [0.15, 0.2) is 5.96 Å². The third kappa shape index (κ3) is 7.68. The lowest BCUT2D eigenvalue weighted by Gasteiger charge is -2.11. The van der Waals surface area contributed by atoms with E-state index in [9.17, 15) is 8.42 Å². The van der Waals surface area contributed by atoms with E-state index in [1.807, 2.05) is 6.92 Å². The van der Waals surface area contributed by atoms with Gasteiger partial charge in [-0.1, -0.05) is 13.8 Å². The van der Waals surface area contributed by atoms with Gasteiger partial charge >= 0.3 is 0 Å². The highest BCUT2D eigenvalue weighted by Crippen LogP contribution is 2.18. The van der Waals surface area contributed by atoms with Crippen LogP contribution in [0.3, 0.4) is 0 Å². The SMILES string of the molecule is CCNC(=NCc1nc(C(C)C)cs1)NCCNS(=O)(=O)c1ccn(C)c1.I. The van der Waals surface area contributed by atoms with Crippen LogP contribution in [0.5, 0.6) is 0 Å². The molecule has 2 heterocycles. The molecule has 0 saturated carbocycles. The summed E-state index contributed by atoms with van der Waals surface area (Å²) in [6, 6.07) is 1.57. The second kappa shape index (κ2) is 11.7. The van der Waals surface area contributed by atoms with Crippen LogP contribution in [0.25, 0.3) is 0 Å². The topological polar surface area (TPSA) is 100 Å². The van der Waals surface area contributed by atoms with Crippen LogP contribution in [0.15, 0.2) is 33.7 Å². The Labute approximate surface area is 188 Å². The van der Waals surface area contributed by atoms with E-state index in [2.05, 4.69) is 44.6 Å². The van der Waals surface area contributed by atoms with Crippen LogP contribution in [0.2, 0.25) is 0 Å². The van der Waals surface area contributed by atoms with E-state index in [0.717, 1.165) is 17.2 Å². The molecular formula is C17H29IN6O2S2. The fourth-order valence-corrected chi connectivity index (χ4v) is 4.20. The highest BCUT2D eigenvalue weighted by atomic mass is 127. The number of nitrogens with one attached hydrogen (secondary N) is 3. The molecule has 0 amide bonds. The molecule has 0 fully saturated rings. The average Bonchev–Trinajstić information content (AvgIpc) is 3.26. The number of nitrogens with zero attached hydrogens (tertiary/aromatic N) is 3. The molecule has 2 aromatic rings. The summed E-state index contributed by atoms with van der Waals surface area (Å²) in [6.07, 6.45) is 3.27. The number of halogens is 1. The third-order valence-electron chi connectivity index (χ3n) is 3.70. The Bertz CT molecular complexity index is 861. The number of aliphatic imine (C=N–C) groups is 1. The number of sulfonamides is 1. The lowest BCUT2D eigenvalue weighted by atomic mass is 10.2. The van der Waals surface area contributed by atoms with Gasteiger partial charge in [-0.05, 0) is 18.9 Å². The van der Waals surface area contributed by atoms with E-state index in [1.54, 1.807) is 41.4 Å².